The van der Waals surface area contributed by atoms with Gasteiger partial charge in [0.15, 0.2) is 0 Å². The Kier molecular flexibility index (Phi) is 4.98. The number of hydrogen-bond acceptors (Lipinski definition) is 3. The fourth-order valence-electron chi connectivity index (χ4n) is 1.15. The standard InChI is InChI=1S/C12H17BrN2O3S/c1-4-19(17,18)15-10-7-5-9(6-8-10)14-11(16)12(2,3)13/h5-8,15H,4H2,1-3H3,(H,14,16). The van der Waals surface area contributed by atoms with Gasteiger partial charge in [0.25, 0.3) is 0 Å². The maximum absolute atomic E-state index is 11.7. The molecule has 0 saturated carbocycles. The quantitative estimate of drug-likeness (QED) is 0.803. The molecule has 7 heteroatoms. The van der Waals surface area contributed by atoms with Crippen LogP contribution in [0.15, 0.2) is 24.3 Å². The van der Waals surface area contributed by atoms with E-state index in [2.05, 4.69) is 26.0 Å². The van der Waals surface area contributed by atoms with E-state index < -0.39 is 14.3 Å². The highest BCUT2D eigenvalue weighted by Crippen LogP contribution is 2.20. The summed E-state index contributed by atoms with van der Waals surface area (Å²) >= 11 is 3.26. The number of nitrogens with one attached hydrogen (secondary N) is 2. The zero-order chi connectivity index (χ0) is 14.7. The molecule has 2 N–H and O–H groups in total. The van der Waals surface area contributed by atoms with Gasteiger partial charge in [0, 0.05) is 11.4 Å². The van der Waals surface area contributed by atoms with Crippen molar-refractivity contribution < 1.29 is 13.2 Å². The summed E-state index contributed by atoms with van der Waals surface area (Å²) in [7, 11) is -3.28. The second kappa shape index (κ2) is 5.92. The molecule has 0 aliphatic heterocycles. The van der Waals surface area contributed by atoms with Crippen molar-refractivity contribution in [1.29, 1.82) is 0 Å². The molecule has 0 aliphatic rings. The molecule has 1 amide bonds. The summed E-state index contributed by atoms with van der Waals surface area (Å²) in [6.45, 7) is 5.05. The molecule has 0 spiro atoms. The van der Waals surface area contributed by atoms with Crippen LogP contribution in [-0.4, -0.2) is 24.4 Å². The molecule has 0 radical (unpaired) electrons. The van der Waals surface area contributed by atoms with E-state index in [1.807, 2.05) is 0 Å². The Morgan fingerprint density at radius 3 is 2.11 bits per heavy atom. The number of halogens is 1. The Balaban J connectivity index is 2.75. The Labute approximate surface area is 122 Å². The molecular formula is C12H17BrN2O3S. The van der Waals surface area contributed by atoms with E-state index >= 15 is 0 Å². The highest BCUT2D eigenvalue weighted by atomic mass is 79.9. The fraction of sp³-hybridized carbons (Fsp3) is 0.417. The van der Waals surface area contributed by atoms with Gasteiger partial charge in [0.1, 0.15) is 0 Å². The number of anilines is 2. The second-order valence-corrected chi connectivity index (χ2v) is 8.50. The third-order valence-corrected chi connectivity index (χ3v) is 4.00. The lowest BCUT2D eigenvalue weighted by Crippen LogP contribution is -2.30. The normalized spacial score (nSPS) is 12.0. The highest BCUT2D eigenvalue weighted by molar-refractivity contribution is 9.10. The monoisotopic (exact) mass is 348 g/mol. The highest BCUT2D eigenvalue weighted by Gasteiger charge is 2.23. The molecule has 1 aromatic rings. The van der Waals surface area contributed by atoms with Gasteiger partial charge in [-0.15, -0.1) is 0 Å². The minimum atomic E-state index is -3.28. The summed E-state index contributed by atoms with van der Waals surface area (Å²) in [4.78, 5) is 11.7. The number of rotatable bonds is 5. The molecule has 0 saturated heterocycles. The summed E-state index contributed by atoms with van der Waals surface area (Å²) in [5.74, 6) is -0.155. The van der Waals surface area contributed by atoms with Crippen molar-refractivity contribution in [1.82, 2.24) is 0 Å². The van der Waals surface area contributed by atoms with Gasteiger partial charge in [-0.1, -0.05) is 15.9 Å². The summed E-state index contributed by atoms with van der Waals surface area (Å²) in [5, 5.41) is 2.72. The maximum Gasteiger partial charge on any atom is 0.240 e. The Morgan fingerprint density at radius 1 is 1.21 bits per heavy atom. The SMILES string of the molecule is CCS(=O)(=O)Nc1ccc(NC(=O)C(C)(C)Br)cc1. The number of benzene rings is 1. The predicted octanol–water partition coefficient (Wildman–Crippen LogP) is 2.56. The van der Waals surface area contributed by atoms with Crippen molar-refractivity contribution in [3.8, 4) is 0 Å². The van der Waals surface area contributed by atoms with Crippen LogP contribution in [-0.2, 0) is 14.8 Å². The van der Waals surface area contributed by atoms with E-state index in [-0.39, 0.29) is 11.7 Å². The molecule has 0 aliphatic carbocycles. The van der Waals surface area contributed by atoms with Crippen LogP contribution in [0, 0.1) is 0 Å². The molecule has 0 heterocycles. The number of alkyl halides is 1. The first-order valence-corrected chi connectivity index (χ1v) is 8.19. The van der Waals surface area contributed by atoms with E-state index in [1.54, 1.807) is 45.0 Å². The number of hydrogen-bond donors (Lipinski definition) is 2. The molecule has 19 heavy (non-hydrogen) atoms. The summed E-state index contributed by atoms with van der Waals surface area (Å²) in [6, 6.07) is 6.49. The molecule has 1 aromatic carbocycles. The first-order valence-electron chi connectivity index (χ1n) is 5.75. The minimum absolute atomic E-state index is 0.0171. The van der Waals surface area contributed by atoms with Crippen LogP contribution in [0.1, 0.15) is 20.8 Å². The maximum atomic E-state index is 11.7. The fourth-order valence-corrected chi connectivity index (χ4v) is 1.89. The zero-order valence-electron chi connectivity index (χ0n) is 11.0. The van der Waals surface area contributed by atoms with Gasteiger partial charge in [-0.2, -0.15) is 0 Å². The second-order valence-electron chi connectivity index (χ2n) is 4.51. The molecule has 0 aromatic heterocycles. The lowest BCUT2D eigenvalue weighted by molar-refractivity contribution is -0.117. The largest absolute Gasteiger partial charge is 0.325 e. The van der Waals surface area contributed by atoms with Crippen LogP contribution in [0.25, 0.3) is 0 Å². The third-order valence-electron chi connectivity index (χ3n) is 2.34. The predicted molar refractivity (Wildman–Crippen MR) is 81.2 cm³/mol. The van der Waals surface area contributed by atoms with E-state index in [1.165, 1.54) is 0 Å². The van der Waals surface area contributed by atoms with Crippen molar-refractivity contribution in [2.45, 2.75) is 25.1 Å². The minimum Gasteiger partial charge on any atom is -0.325 e. The average Bonchev–Trinajstić information content (AvgIpc) is 2.30. The van der Waals surface area contributed by atoms with E-state index in [9.17, 15) is 13.2 Å². The van der Waals surface area contributed by atoms with Gasteiger partial charge in [0.05, 0.1) is 10.1 Å². The van der Waals surface area contributed by atoms with E-state index in [0.717, 1.165) is 0 Å². The van der Waals surface area contributed by atoms with Gasteiger partial charge in [-0.05, 0) is 45.0 Å². The van der Waals surface area contributed by atoms with Crippen LogP contribution >= 0.6 is 15.9 Å². The smallest absolute Gasteiger partial charge is 0.240 e. The van der Waals surface area contributed by atoms with Gasteiger partial charge >= 0.3 is 0 Å². The third kappa shape index (κ3) is 5.20. The van der Waals surface area contributed by atoms with Crippen LogP contribution in [0.3, 0.4) is 0 Å². The number of amides is 1. The molecule has 0 unspecified atom stereocenters. The van der Waals surface area contributed by atoms with Crippen molar-refractivity contribution in [3.63, 3.8) is 0 Å². The van der Waals surface area contributed by atoms with Crippen molar-refractivity contribution in [2.75, 3.05) is 15.8 Å². The molecule has 0 bridgehead atoms. The van der Waals surface area contributed by atoms with Crippen molar-refractivity contribution in [2.24, 2.45) is 0 Å². The van der Waals surface area contributed by atoms with E-state index in [4.69, 9.17) is 0 Å². The summed E-state index contributed by atoms with van der Waals surface area (Å²) < 4.78 is 24.5. The van der Waals surface area contributed by atoms with Gasteiger partial charge < -0.3 is 5.32 Å². The average molecular weight is 349 g/mol. The molecule has 106 valence electrons. The number of carbonyl (C=O) groups is 1. The van der Waals surface area contributed by atoms with Gasteiger partial charge in [0.2, 0.25) is 15.9 Å². The summed E-state index contributed by atoms with van der Waals surface area (Å²) in [5.41, 5.74) is 1.08. The van der Waals surface area contributed by atoms with Crippen molar-refractivity contribution in [3.05, 3.63) is 24.3 Å². The van der Waals surface area contributed by atoms with Crippen LogP contribution in [0.4, 0.5) is 11.4 Å². The van der Waals surface area contributed by atoms with Crippen molar-refractivity contribution >= 4 is 43.2 Å². The molecular weight excluding hydrogens is 332 g/mol. The van der Waals surface area contributed by atoms with Crippen LogP contribution < -0.4 is 10.0 Å². The molecule has 5 nitrogen and oxygen atoms in total. The number of sulfonamides is 1. The first kappa shape index (κ1) is 16.0. The van der Waals surface area contributed by atoms with Gasteiger partial charge in [-0.25, -0.2) is 8.42 Å². The lowest BCUT2D eigenvalue weighted by atomic mass is 10.2. The molecule has 0 fully saturated rings. The van der Waals surface area contributed by atoms with Crippen LogP contribution in [0.2, 0.25) is 0 Å². The number of carbonyl (C=O) groups excluding carboxylic acids is 1. The molecule has 1 rings (SSSR count). The Morgan fingerprint density at radius 2 is 1.68 bits per heavy atom. The Bertz CT molecular complexity index is 547. The lowest BCUT2D eigenvalue weighted by Gasteiger charge is -2.16. The summed E-state index contributed by atoms with van der Waals surface area (Å²) in [6.07, 6.45) is 0. The first-order chi connectivity index (χ1) is 8.64. The Hall–Kier alpha value is -1.08. The van der Waals surface area contributed by atoms with E-state index in [0.29, 0.717) is 11.4 Å². The molecule has 0 atom stereocenters. The van der Waals surface area contributed by atoms with Crippen LogP contribution in [0.5, 0.6) is 0 Å². The zero-order valence-corrected chi connectivity index (χ0v) is 13.4. The van der Waals surface area contributed by atoms with Gasteiger partial charge in [-0.3, -0.25) is 9.52 Å². The topological polar surface area (TPSA) is 75.3 Å².